The third kappa shape index (κ3) is 3.08. The third-order valence-corrected chi connectivity index (χ3v) is 6.16. The van der Waals surface area contributed by atoms with Gasteiger partial charge in [-0.15, -0.1) is 0 Å². The van der Waals surface area contributed by atoms with Gasteiger partial charge in [-0.25, -0.2) is 0 Å². The molecular weight excluding hydrogens is 362 g/mol. The highest BCUT2D eigenvalue weighted by molar-refractivity contribution is 5.94. The van der Waals surface area contributed by atoms with Gasteiger partial charge in [-0.05, 0) is 47.4 Å². The molecule has 3 aromatic rings. The van der Waals surface area contributed by atoms with E-state index in [9.17, 15) is 9.90 Å². The van der Waals surface area contributed by atoms with Crippen molar-refractivity contribution in [2.75, 3.05) is 18.5 Å². The molecule has 0 aliphatic carbocycles. The van der Waals surface area contributed by atoms with Crippen molar-refractivity contribution in [2.24, 2.45) is 5.92 Å². The topological polar surface area (TPSA) is 65.5 Å². The average molecular weight is 385 g/mol. The number of likely N-dealkylation sites (tertiary alicyclic amines) is 1. The van der Waals surface area contributed by atoms with E-state index < -0.39 is 0 Å². The molecular formula is C24H23N3O2. The van der Waals surface area contributed by atoms with Crippen molar-refractivity contribution in [3.63, 3.8) is 0 Å². The van der Waals surface area contributed by atoms with Crippen molar-refractivity contribution in [2.45, 2.75) is 18.5 Å². The van der Waals surface area contributed by atoms with Gasteiger partial charge in [-0.1, -0.05) is 36.4 Å². The summed E-state index contributed by atoms with van der Waals surface area (Å²) in [4.78, 5) is 19.3. The number of anilines is 1. The average Bonchev–Trinajstić information content (AvgIpc) is 3.24. The molecule has 2 aliphatic heterocycles. The zero-order valence-corrected chi connectivity index (χ0v) is 16.0. The predicted octanol–water partition coefficient (Wildman–Crippen LogP) is 3.74. The molecule has 2 aliphatic rings. The summed E-state index contributed by atoms with van der Waals surface area (Å²) in [5.74, 6) is 0.207. The summed E-state index contributed by atoms with van der Waals surface area (Å²) in [5, 5.41) is 13.5. The van der Waals surface area contributed by atoms with Crippen molar-refractivity contribution in [3.8, 4) is 11.1 Å². The summed E-state index contributed by atoms with van der Waals surface area (Å²) in [6, 6.07) is 20.1. The summed E-state index contributed by atoms with van der Waals surface area (Å²) in [5.41, 5.74) is 5.07. The van der Waals surface area contributed by atoms with Crippen LogP contribution in [0.2, 0.25) is 0 Å². The van der Waals surface area contributed by atoms with Crippen LogP contribution in [0.25, 0.3) is 11.1 Å². The Hall–Kier alpha value is -3.18. The minimum absolute atomic E-state index is 0.0227. The highest BCUT2D eigenvalue weighted by Crippen LogP contribution is 2.47. The molecule has 5 nitrogen and oxygen atoms in total. The minimum atomic E-state index is -0.0506. The lowest BCUT2D eigenvalue weighted by atomic mass is 9.82. The van der Waals surface area contributed by atoms with Gasteiger partial charge in [0, 0.05) is 36.1 Å². The summed E-state index contributed by atoms with van der Waals surface area (Å²) in [7, 11) is 0. The van der Waals surface area contributed by atoms with Crippen LogP contribution < -0.4 is 5.32 Å². The second-order valence-electron chi connectivity index (χ2n) is 7.73. The number of fused-ring (bicyclic) bond motifs is 3. The predicted molar refractivity (Wildman–Crippen MR) is 112 cm³/mol. The molecule has 1 saturated heterocycles. The number of aliphatic hydroxyl groups excluding tert-OH is 1. The fourth-order valence-corrected chi connectivity index (χ4v) is 4.76. The van der Waals surface area contributed by atoms with Crippen LogP contribution in [0.4, 0.5) is 5.69 Å². The number of hydrogen-bond acceptors (Lipinski definition) is 4. The molecule has 0 saturated carbocycles. The molecule has 0 unspecified atom stereocenters. The standard InChI is InChI=1S/C24H23N3O2/c28-15-22-19-10-13-27(24(29)17-8-11-25-12-9-17)23(19)20-14-18(6-7-21(20)26-22)16-4-2-1-3-5-16/h1-9,11-12,14,19,22-23,26,28H,10,13,15H2/t19-,22-,23-/m0/s1. The fraction of sp³-hybridized carbons (Fsp3) is 0.250. The number of pyridine rings is 1. The molecule has 1 fully saturated rings. The van der Waals surface area contributed by atoms with Gasteiger partial charge in [0.15, 0.2) is 0 Å². The molecule has 146 valence electrons. The first-order valence-corrected chi connectivity index (χ1v) is 10.0. The molecule has 1 amide bonds. The second-order valence-corrected chi connectivity index (χ2v) is 7.73. The van der Waals surface area contributed by atoms with Crippen LogP contribution in [-0.4, -0.2) is 40.1 Å². The Morgan fingerprint density at radius 2 is 1.86 bits per heavy atom. The van der Waals surface area contributed by atoms with Crippen molar-refractivity contribution >= 4 is 11.6 Å². The Labute approximate surface area is 170 Å². The first kappa shape index (κ1) is 17.9. The van der Waals surface area contributed by atoms with E-state index in [4.69, 9.17) is 0 Å². The van der Waals surface area contributed by atoms with Gasteiger partial charge < -0.3 is 15.3 Å². The van der Waals surface area contributed by atoms with Crippen molar-refractivity contribution in [1.29, 1.82) is 0 Å². The van der Waals surface area contributed by atoms with Gasteiger partial charge in [0.1, 0.15) is 0 Å². The van der Waals surface area contributed by atoms with E-state index in [1.807, 2.05) is 23.1 Å². The summed E-state index contributed by atoms with van der Waals surface area (Å²) >= 11 is 0. The summed E-state index contributed by atoms with van der Waals surface area (Å²) < 4.78 is 0. The van der Waals surface area contributed by atoms with Crippen LogP contribution in [0.5, 0.6) is 0 Å². The van der Waals surface area contributed by atoms with Gasteiger partial charge in [-0.2, -0.15) is 0 Å². The van der Waals surface area contributed by atoms with Crippen LogP contribution >= 0.6 is 0 Å². The van der Waals surface area contributed by atoms with E-state index in [0.717, 1.165) is 28.8 Å². The molecule has 0 spiro atoms. The quantitative estimate of drug-likeness (QED) is 0.721. The number of amides is 1. The van der Waals surface area contributed by atoms with E-state index >= 15 is 0 Å². The maximum Gasteiger partial charge on any atom is 0.254 e. The van der Waals surface area contributed by atoms with Crippen LogP contribution in [0.1, 0.15) is 28.4 Å². The lowest BCUT2D eigenvalue weighted by Gasteiger charge is -2.39. The normalized spacial score (nSPS) is 22.5. The molecule has 1 aromatic heterocycles. The zero-order valence-electron chi connectivity index (χ0n) is 16.0. The number of carbonyl (C=O) groups excluding carboxylic acids is 1. The Morgan fingerprint density at radius 3 is 2.62 bits per heavy atom. The highest BCUT2D eigenvalue weighted by atomic mass is 16.3. The molecule has 0 radical (unpaired) electrons. The molecule has 3 atom stereocenters. The van der Waals surface area contributed by atoms with Gasteiger partial charge in [0.25, 0.3) is 5.91 Å². The number of aliphatic hydroxyl groups is 1. The molecule has 0 bridgehead atoms. The monoisotopic (exact) mass is 385 g/mol. The summed E-state index contributed by atoms with van der Waals surface area (Å²) in [6.07, 6.45) is 4.18. The van der Waals surface area contributed by atoms with E-state index in [1.54, 1.807) is 24.5 Å². The largest absolute Gasteiger partial charge is 0.394 e. The van der Waals surface area contributed by atoms with Crippen LogP contribution in [0.15, 0.2) is 73.1 Å². The van der Waals surface area contributed by atoms with E-state index in [2.05, 4.69) is 40.6 Å². The highest BCUT2D eigenvalue weighted by Gasteiger charge is 2.45. The number of nitrogens with one attached hydrogen (secondary N) is 1. The van der Waals surface area contributed by atoms with Crippen molar-refractivity contribution in [1.82, 2.24) is 9.88 Å². The molecule has 5 heteroatoms. The SMILES string of the molecule is O=C(c1ccncc1)N1CC[C@H]2[C@H](CO)Nc3ccc(-c4ccccc4)cc3[C@H]21. The van der Waals surface area contributed by atoms with Crippen LogP contribution in [0.3, 0.4) is 0 Å². The Balaban J connectivity index is 1.58. The first-order chi connectivity index (χ1) is 14.3. The fourth-order valence-electron chi connectivity index (χ4n) is 4.76. The van der Waals surface area contributed by atoms with Gasteiger partial charge >= 0.3 is 0 Å². The second kappa shape index (κ2) is 7.33. The molecule has 5 rings (SSSR count). The van der Waals surface area contributed by atoms with Crippen molar-refractivity contribution in [3.05, 3.63) is 84.2 Å². The lowest BCUT2D eigenvalue weighted by molar-refractivity contribution is 0.0701. The zero-order chi connectivity index (χ0) is 19.8. The van der Waals surface area contributed by atoms with Gasteiger partial charge in [0.05, 0.1) is 18.7 Å². The maximum atomic E-state index is 13.3. The van der Waals surface area contributed by atoms with Crippen LogP contribution in [0, 0.1) is 5.92 Å². The smallest absolute Gasteiger partial charge is 0.254 e. The third-order valence-electron chi connectivity index (χ3n) is 6.16. The molecule has 2 N–H and O–H groups in total. The first-order valence-electron chi connectivity index (χ1n) is 10.0. The van der Waals surface area contributed by atoms with Crippen LogP contribution in [-0.2, 0) is 0 Å². The number of aromatic nitrogens is 1. The number of rotatable bonds is 3. The Morgan fingerprint density at radius 1 is 1.07 bits per heavy atom. The Kier molecular flexibility index (Phi) is 4.52. The Bertz CT molecular complexity index is 1020. The molecule has 2 aromatic carbocycles. The van der Waals surface area contributed by atoms with Crippen molar-refractivity contribution < 1.29 is 9.90 Å². The number of hydrogen-bond donors (Lipinski definition) is 2. The molecule has 29 heavy (non-hydrogen) atoms. The number of nitrogens with zero attached hydrogens (tertiary/aromatic N) is 2. The van der Waals surface area contributed by atoms with E-state index in [-0.39, 0.29) is 30.5 Å². The summed E-state index contributed by atoms with van der Waals surface area (Å²) in [6.45, 7) is 0.738. The van der Waals surface area contributed by atoms with Gasteiger partial charge in [0.2, 0.25) is 0 Å². The number of benzene rings is 2. The van der Waals surface area contributed by atoms with Gasteiger partial charge in [-0.3, -0.25) is 9.78 Å². The minimum Gasteiger partial charge on any atom is -0.394 e. The number of carbonyl (C=O) groups is 1. The lowest BCUT2D eigenvalue weighted by Crippen LogP contribution is -2.42. The van der Waals surface area contributed by atoms with E-state index in [1.165, 1.54) is 0 Å². The maximum absolute atomic E-state index is 13.3. The molecule has 3 heterocycles. The van der Waals surface area contributed by atoms with E-state index in [0.29, 0.717) is 12.1 Å².